The normalized spacial score (nSPS) is 14.8. The first-order valence-electron chi connectivity index (χ1n) is 10.8. The van der Waals surface area contributed by atoms with E-state index >= 15 is 0 Å². The average molecular weight is 439 g/mol. The highest BCUT2D eigenvalue weighted by atomic mass is 19.1. The molecule has 5 nitrogen and oxygen atoms in total. The molecule has 2 N–H and O–H groups in total. The standard InChI is InChI=1S/C27H23FN4O/c1-17-7-11-19(12-8-17)24-15-25(21-5-3-4-6-23(21)28)32-26(31-24)22(16-29-32)27(33)30-20-13-9-18(2)10-14-20/h3-16,25,31H,1-2H3,(H,30,33). The van der Waals surface area contributed by atoms with Crippen molar-refractivity contribution in [1.82, 2.24) is 9.78 Å². The van der Waals surface area contributed by atoms with E-state index in [9.17, 15) is 9.18 Å². The van der Waals surface area contributed by atoms with Gasteiger partial charge in [0.15, 0.2) is 0 Å². The molecule has 3 aromatic carbocycles. The molecule has 1 aliphatic heterocycles. The summed E-state index contributed by atoms with van der Waals surface area (Å²) < 4.78 is 16.4. The molecule has 5 rings (SSSR count). The summed E-state index contributed by atoms with van der Waals surface area (Å²) in [4.78, 5) is 13.1. The maximum absolute atomic E-state index is 14.8. The Morgan fingerprint density at radius 1 is 0.970 bits per heavy atom. The van der Waals surface area contributed by atoms with Gasteiger partial charge in [0.2, 0.25) is 0 Å². The van der Waals surface area contributed by atoms with Gasteiger partial charge >= 0.3 is 0 Å². The SMILES string of the molecule is Cc1ccc(NC(=O)c2cnn3c2NC(c2ccc(C)cc2)=CC3c2ccccc2F)cc1. The van der Waals surface area contributed by atoms with Gasteiger partial charge < -0.3 is 10.6 Å². The van der Waals surface area contributed by atoms with Crippen LogP contribution in [0.1, 0.15) is 38.7 Å². The molecule has 6 heteroatoms. The van der Waals surface area contributed by atoms with Crippen LogP contribution in [-0.2, 0) is 0 Å². The molecule has 1 atom stereocenters. The Labute approximate surface area is 191 Å². The van der Waals surface area contributed by atoms with Crippen LogP contribution in [0.3, 0.4) is 0 Å². The summed E-state index contributed by atoms with van der Waals surface area (Å²) in [6, 6.07) is 21.8. The van der Waals surface area contributed by atoms with Crippen molar-refractivity contribution in [3.8, 4) is 0 Å². The summed E-state index contributed by atoms with van der Waals surface area (Å²) in [7, 11) is 0. The van der Waals surface area contributed by atoms with E-state index in [1.807, 2.05) is 68.5 Å². The fourth-order valence-corrected chi connectivity index (χ4v) is 3.93. The van der Waals surface area contributed by atoms with Crippen LogP contribution in [-0.4, -0.2) is 15.7 Å². The van der Waals surface area contributed by atoms with Gasteiger partial charge in [-0.15, -0.1) is 0 Å². The first-order valence-corrected chi connectivity index (χ1v) is 10.8. The van der Waals surface area contributed by atoms with Crippen molar-refractivity contribution in [3.05, 3.63) is 119 Å². The third-order valence-electron chi connectivity index (χ3n) is 5.78. The lowest BCUT2D eigenvalue weighted by Crippen LogP contribution is -2.22. The number of hydrogen-bond acceptors (Lipinski definition) is 3. The van der Waals surface area contributed by atoms with Gasteiger partial charge in [0.1, 0.15) is 23.2 Å². The number of benzene rings is 3. The molecular weight excluding hydrogens is 415 g/mol. The van der Waals surface area contributed by atoms with Gasteiger partial charge in [0.05, 0.1) is 6.20 Å². The van der Waals surface area contributed by atoms with Crippen molar-refractivity contribution in [2.24, 2.45) is 0 Å². The average Bonchev–Trinajstić information content (AvgIpc) is 3.25. The lowest BCUT2D eigenvalue weighted by molar-refractivity contribution is 0.102. The van der Waals surface area contributed by atoms with Crippen LogP contribution >= 0.6 is 0 Å². The van der Waals surface area contributed by atoms with Crippen molar-refractivity contribution < 1.29 is 9.18 Å². The number of carbonyl (C=O) groups is 1. The summed E-state index contributed by atoms with van der Waals surface area (Å²) >= 11 is 0. The second-order valence-electron chi connectivity index (χ2n) is 8.21. The van der Waals surface area contributed by atoms with Crippen molar-refractivity contribution in [2.45, 2.75) is 19.9 Å². The van der Waals surface area contributed by atoms with Crippen LogP contribution in [0.25, 0.3) is 5.70 Å². The first-order chi connectivity index (χ1) is 16.0. The van der Waals surface area contributed by atoms with E-state index in [1.165, 1.54) is 12.3 Å². The van der Waals surface area contributed by atoms with Crippen molar-refractivity contribution in [3.63, 3.8) is 0 Å². The summed E-state index contributed by atoms with van der Waals surface area (Å²) in [6.45, 7) is 4.02. The third kappa shape index (κ3) is 4.03. The van der Waals surface area contributed by atoms with Gasteiger partial charge in [0.25, 0.3) is 5.91 Å². The van der Waals surface area contributed by atoms with E-state index in [0.29, 0.717) is 22.6 Å². The van der Waals surface area contributed by atoms with E-state index in [1.54, 1.807) is 22.9 Å². The van der Waals surface area contributed by atoms with E-state index in [4.69, 9.17) is 0 Å². The lowest BCUT2D eigenvalue weighted by Gasteiger charge is -2.26. The van der Waals surface area contributed by atoms with Crippen molar-refractivity contribution >= 4 is 23.1 Å². The summed E-state index contributed by atoms with van der Waals surface area (Å²) in [5.41, 5.74) is 5.55. The molecule has 0 aliphatic carbocycles. The highest BCUT2D eigenvalue weighted by Crippen LogP contribution is 2.36. The molecule has 4 aromatic rings. The van der Waals surface area contributed by atoms with Crippen LogP contribution in [0, 0.1) is 19.7 Å². The number of aromatic nitrogens is 2. The Morgan fingerprint density at radius 2 is 1.64 bits per heavy atom. The minimum atomic E-state index is -0.500. The summed E-state index contributed by atoms with van der Waals surface area (Å²) in [5.74, 6) is -0.0907. The Morgan fingerprint density at radius 3 is 2.33 bits per heavy atom. The number of nitrogens with zero attached hydrogens (tertiary/aromatic N) is 2. The number of fused-ring (bicyclic) bond motifs is 1. The minimum absolute atomic E-state index is 0.287. The lowest BCUT2D eigenvalue weighted by atomic mass is 10.00. The number of hydrogen-bond donors (Lipinski definition) is 2. The Hall–Kier alpha value is -4.19. The predicted molar refractivity (Wildman–Crippen MR) is 129 cm³/mol. The van der Waals surface area contributed by atoms with Crippen LogP contribution in [0.2, 0.25) is 0 Å². The van der Waals surface area contributed by atoms with Crippen molar-refractivity contribution in [2.75, 3.05) is 10.6 Å². The fraction of sp³-hybridized carbons (Fsp3) is 0.111. The Balaban J connectivity index is 1.56. The number of carbonyl (C=O) groups excluding carboxylic acids is 1. The molecule has 0 radical (unpaired) electrons. The maximum atomic E-state index is 14.8. The zero-order valence-corrected chi connectivity index (χ0v) is 18.3. The number of anilines is 2. The molecule has 0 saturated carbocycles. The predicted octanol–water partition coefficient (Wildman–Crippen LogP) is 5.95. The number of halogens is 1. The van der Waals surface area contributed by atoms with E-state index in [-0.39, 0.29) is 11.7 Å². The summed E-state index contributed by atoms with van der Waals surface area (Å²) in [5, 5.41) is 10.7. The molecule has 0 spiro atoms. The van der Waals surface area contributed by atoms with Crippen molar-refractivity contribution in [1.29, 1.82) is 0 Å². The number of nitrogens with one attached hydrogen (secondary N) is 2. The molecule has 1 unspecified atom stereocenters. The molecule has 1 amide bonds. The fourth-order valence-electron chi connectivity index (χ4n) is 3.93. The van der Waals surface area contributed by atoms with Crippen LogP contribution in [0.15, 0.2) is 85.1 Å². The number of allylic oxidation sites excluding steroid dienone is 1. The maximum Gasteiger partial charge on any atom is 0.261 e. The van der Waals surface area contributed by atoms with E-state index in [2.05, 4.69) is 15.7 Å². The van der Waals surface area contributed by atoms with Crippen LogP contribution < -0.4 is 10.6 Å². The van der Waals surface area contributed by atoms with Gasteiger partial charge in [-0.2, -0.15) is 5.10 Å². The van der Waals surface area contributed by atoms with E-state index in [0.717, 1.165) is 22.4 Å². The Kier molecular flexibility index (Phi) is 5.26. The molecule has 1 aliphatic rings. The first kappa shape index (κ1) is 20.7. The smallest absolute Gasteiger partial charge is 0.261 e. The quantitative estimate of drug-likeness (QED) is 0.414. The second kappa shape index (κ2) is 8.39. The number of aryl methyl sites for hydroxylation is 2. The van der Waals surface area contributed by atoms with Gasteiger partial charge in [-0.3, -0.25) is 4.79 Å². The van der Waals surface area contributed by atoms with Crippen LogP contribution in [0.5, 0.6) is 0 Å². The second-order valence-corrected chi connectivity index (χ2v) is 8.21. The zero-order chi connectivity index (χ0) is 22.9. The van der Waals surface area contributed by atoms with E-state index < -0.39 is 6.04 Å². The molecule has 0 saturated heterocycles. The highest BCUT2D eigenvalue weighted by molar-refractivity contribution is 6.08. The largest absolute Gasteiger partial charge is 0.339 e. The molecule has 33 heavy (non-hydrogen) atoms. The molecular formula is C27H23FN4O. The van der Waals surface area contributed by atoms with Gasteiger partial charge in [-0.1, -0.05) is 65.7 Å². The molecule has 1 aromatic heterocycles. The van der Waals surface area contributed by atoms with Gasteiger partial charge in [-0.25, -0.2) is 9.07 Å². The topological polar surface area (TPSA) is 59.0 Å². The monoisotopic (exact) mass is 438 g/mol. The molecule has 2 heterocycles. The molecule has 0 bridgehead atoms. The highest BCUT2D eigenvalue weighted by Gasteiger charge is 2.29. The number of rotatable bonds is 4. The van der Waals surface area contributed by atoms with Crippen LogP contribution in [0.4, 0.5) is 15.9 Å². The summed E-state index contributed by atoms with van der Waals surface area (Å²) in [6.07, 6.45) is 3.45. The minimum Gasteiger partial charge on any atom is -0.339 e. The molecule has 0 fully saturated rings. The third-order valence-corrected chi connectivity index (χ3v) is 5.78. The zero-order valence-electron chi connectivity index (χ0n) is 18.3. The Bertz CT molecular complexity index is 1350. The number of amides is 1. The van der Waals surface area contributed by atoms with Gasteiger partial charge in [-0.05, 0) is 43.7 Å². The van der Waals surface area contributed by atoms with Gasteiger partial charge in [0, 0.05) is 16.9 Å². The molecule has 164 valence electrons.